The average molecular weight is 267 g/mol. The van der Waals surface area contributed by atoms with Gasteiger partial charge in [-0.1, -0.05) is 13.8 Å². The third kappa shape index (κ3) is 3.04. The van der Waals surface area contributed by atoms with E-state index in [9.17, 15) is 0 Å². The summed E-state index contributed by atoms with van der Waals surface area (Å²) >= 11 is 1.87. The molecule has 0 amide bonds. The first-order chi connectivity index (χ1) is 8.61. The maximum Gasteiger partial charge on any atom is 0.185 e. The Labute approximate surface area is 115 Å². The SMILES string of the molecule is CCNC(C)c1sc(N2CCCC(C)C2)nc1C. The van der Waals surface area contributed by atoms with Crippen LogP contribution in [0.25, 0.3) is 0 Å². The molecule has 2 rings (SSSR count). The number of nitrogens with zero attached hydrogens (tertiary/aromatic N) is 2. The van der Waals surface area contributed by atoms with Gasteiger partial charge in [0.15, 0.2) is 5.13 Å². The second-order valence-corrected chi connectivity index (χ2v) is 6.43. The molecule has 1 aromatic rings. The van der Waals surface area contributed by atoms with Crippen LogP contribution in [0, 0.1) is 12.8 Å². The van der Waals surface area contributed by atoms with Crippen LogP contribution >= 0.6 is 11.3 Å². The van der Waals surface area contributed by atoms with Crippen LogP contribution in [0.5, 0.6) is 0 Å². The smallest absolute Gasteiger partial charge is 0.185 e. The van der Waals surface area contributed by atoms with E-state index in [1.807, 2.05) is 11.3 Å². The van der Waals surface area contributed by atoms with E-state index < -0.39 is 0 Å². The normalized spacial score (nSPS) is 22.2. The van der Waals surface area contributed by atoms with Crippen molar-refractivity contribution in [1.29, 1.82) is 0 Å². The lowest BCUT2D eigenvalue weighted by Gasteiger charge is -2.30. The number of aryl methyl sites for hydroxylation is 1. The fraction of sp³-hybridized carbons (Fsp3) is 0.786. The zero-order valence-electron chi connectivity index (χ0n) is 12.0. The summed E-state index contributed by atoms with van der Waals surface area (Å²) in [7, 11) is 0. The number of hydrogen-bond acceptors (Lipinski definition) is 4. The van der Waals surface area contributed by atoms with Crippen molar-refractivity contribution in [2.45, 2.75) is 46.6 Å². The number of hydrogen-bond donors (Lipinski definition) is 1. The van der Waals surface area contributed by atoms with Gasteiger partial charge in [-0.05, 0) is 39.2 Å². The van der Waals surface area contributed by atoms with Crippen LogP contribution in [0.15, 0.2) is 0 Å². The molecule has 0 aliphatic carbocycles. The molecular weight excluding hydrogens is 242 g/mol. The zero-order chi connectivity index (χ0) is 13.1. The van der Waals surface area contributed by atoms with Crippen molar-refractivity contribution in [1.82, 2.24) is 10.3 Å². The van der Waals surface area contributed by atoms with E-state index >= 15 is 0 Å². The summed E-state index contributed by atoms with van der Waals surface area (Å²) in [6.45, 7) is 12.2. The van der Waals surface area contributed by atoms with Gasteiger partial charge in [0.2, 0.25) is 0 Å². The minimum Gasteiger partial charge on any atom is -0.348 e. The van der Waals surface area contributed by atoms with Crippen molar-refractivity contribution in [2.75, 3.05) is 24.5 Å². The first-order valence-electron chi connectivity index (χ1n) is 7.07. The average Bonchev–Trinajstić information content (AvgIpc) is 2.72. The predicted molar refractivity (Wildman–Crippen MR) is 79.6 cm³/mol. The Bertz CT molecular complexity index is 388. The van der Waals surface area contributed by atoms with Gasteiger partial charge < -0.3 is 10.2 Å². The Morgan fingerprint density at radius 1 is 1.56 bits per heavy atom. The summed E-state index contributed by atoms with van der Waals surface area (Å²) in [5.74, 6) is 0.803. The number of piperidine rings is 1. The molecule has 0 spiro atoms. The van der Waals surface area contributed by atoms with Crippen LogP contribution in [0.2, 0.25) is 0 Å². The highest BCUT2D eigenvalue weighted by Gasteiger charge is 2.21. The Hall–Kier alpha value is -0.610. The highest BCUT2D eigenvalue weighted by molar-refractivity contribution is 7.15. The van der Waals surface area contributed by atoms with Crippen LogP contribution in [-0.2, 0) is 0 Å². The van der Waals surface area contributed by atoms with Crippen LogP contribution in [-0.4, -0.2) is 24.6 Å². The minimum absolute atomic E-state index is 0.420. The van der Waals surface area contributed by atoms with Crippen molar-refractivity contribution in [2.24, 2.45) is 5.92 Å². The molecule has 0 radical (unpaired) electrons. The summed E-state index contributed by atoms with van der Waals surface area (Å²) in [5.41, 5.74) is 1.20. The molecule has 1 aliphatic rings. The molecule has 0 saturated carbocycles. The van der Waals surface area contributed by atoms with E-state index in [1.165, 1.54) is 41.6 Å². The first kappa shape index (κ1) is 13.8. The Kier molecular flexibility index (Phi) is 4.62. The molecule has 1 aliphatic heterocycles. The molecular formula is C14H25N3S. The second kappa shape index (κ2) is 6.02. The third-order valence-corrected chi connectivity index (χ3v) is 5.05. The summed E-state index contributed by atoms with van der Waals surface area (Å²) in [6, 6.07) is 0.420. The van der Waals surface area contributed by atoms with Gasteiger partial charge in [0, 0.05) is 24.0 Å². The largest absolute Gasteiger partial charge is 0.348 e. The van der Waals surface area contributed by atoms with Crippen LogP contribution in [0.4, 0.5) is 5.13 Å². The standard InChI is InChI=1S/C14H25N3S/c1-5-15-11(3)13-12(4)16-14(18-13)17-8-6-7-10(2)9-17/h10-11,15H,5-9H2,1-4H3. The lowest BCUT2D eigenvalue weighted by atomic mass is 10.0. The maximum atomic E-state index is 4.78. The quantitative estimate of drug-likeness (QED) is 0.906. The van der Waals surface area contributed by atoms with E-state index in [0.717, 1.165) is 12.5 Å². The van der Waals surface area contributed by atoms with Gasteiger partial charge in [0.25, 0.3) is 0 Å². The summed E-state index contributed by atoms with van der Waals surface area (Å²) in [6.07, 6.45) is 2.67. The lowest BCUT2D eigenvalue weighted by molar-refractivity contribution is 0.446. The van der Waals surface area contributed by atoms with Crippen LogP contribution in [0.3, 0.4) is 0 Å². The number of nitrogens with one attached hydrogen (secondary N) is 1. The van der Waals surface area contributed by atoms with Gasteiger partial charge >= 0.3 is 0 Å². The Balaban J connectivity index is 2.12. The molecule has 0 bridgehead atoms. The molecule has 3 nitrogen and oxygen atoms in total. The first-order valence-corrected chi connectivity index (χ1v) is 7.89. The summed E-state index contributed by atoms with van der Waals surface area (Å²) in [4.78, 5) is 8.64. The van der Waals surface area contributed by atoms with Crippen molar-refractivity contribution in [3.63, 3.8) is 0 Å². The topological polar surface area (TPSA) is 28.2 Å². The maximum absolute atomic E-state index is 4.78. The van der Waals surface area contributed by atoms with E-state index in [2.05, 4.69) is 37.9 Å². The molecule has 2 atom stereocenters. The molecule has 18 heavy (non-hydrogen) atoms. The molecule has 102 valence electrons. The number of anilines is 1. The Morgan fingerprint density at radius 3 is 3.00 bits per heavy atom. The van der Waals surface area contributed by atoms with Gasteiger partial charge in [-0.3, -0.25) is 0 Å². The second-order valence-electron chi connectivity index (χ2n) is 5.42. The number of rotatable bonds is 4. The van der Waals surface area contributed by atoms with Crippen molar-refractivity contribution in [3.8, 4) is 0 Å². The van der Waals surface area contributed by atoms with Gasteiger partial charge in [0.1, 0.15) is 0 Å². The van der Waals surface area contributed by atoms with Crippen molar-refractivity contribution >= 4 is 16.5 Å². The monoisotopic (exact) mass is 267 g/mol. The number of aromatic nitrogens is 1. The van der Waals surface area contributed by atoms with E-state index in [4.69, 9.17) is 4.98 Å². The van der Waals surface area contributed by atoms with Crippen LogP contribution in [0.1, 0.15) is 50.2 Å². The summed E-state index contributed by atoms with van der Waals surface area (Å²) in [5, 5.41) is 4.70. The van der Waals surface area contributed by atoms with Gasteiger partial charge in [-0.15, -0.1) is 11.3 Å². The highest BCUT2D eigenvalue weighted by atomic mass is 32.1. The lowest BCUT2D eigenvalue weighted by Crippen LogP contribution is -2.34. The zero-order valence-corrected chi connectivity index (χ0v) is 12.8. The van der Waals surface area contributed by atoms with Gasteiger partial charge in [-0.25, -0.2) is 4.98 Å². The molecule has 2 unspecified atom stereocenters. The molecule has 2 heterocycles. The van der Waals surface area contributed by atoms with Gasteiger partial charge in [-0.2, -0.15) is 0 Å². The molecule has 1 aromatic heterocycles. The highest BCUT2D eigenvalue weighted by Crippen LogP contribution is 2.32. The number of thiazole rings is 1. The molecule has 1 fully saturated rings. The van der Waals surface area contributed by atoms with E-state index in [0.29, 0.717) is 6.04 Å². The van der Waals surface area contributed by atoms with Crippen molar-refractivity contribution in [3.05, 3.63) is 10.6 Å². The molecule has 1 N–H and O–H groups in total. The third-order valence-electron chi connectivity index (χ3n) is 3.65. The van der Waals surface area contributed by atoms with E-state index in [1.54, 1.807) is 0 Å². The molecule has 0 aromatic carbocycles. The molecule has 4 heteroatoms. The molecule has 1 saturated heterocycles. The summed E-state index contributed by atoms with van der Waals surface area (Å²) < 4.78 is 0. The van der Waals surface area contributed by atoms with Crippen molar-refractivity contribution < 1.29 is 0 Å². The minimum atomic E-state index is 0.420. The fourth-order valence-corrected chi connectivity index (χ4v) is 3.82. The predicted octanol–water partition coefficient (Wildman–Crippen LogP) is 3.36. The Morgan fingerprint density at radius 2 is 2.33 bits per heavy atom. The van der Waals surface area contributed by atoms with Gasteiger partial charge in [0.05, 0.1) is 5.69 Å². The van der Waals surface area contributed by atoms with E-state index in [-0.39, 0.29) is 0 Å². The fourth-order valence-electron chi connectivity index (χ4n) is 2.69. The van der Waals surface area contributed by atoms with Crippen LogP contribution < -0.4 is 10.2 Å².